The molecule has 38 heavy (non-hydrogen) atoms. The summed E-state index contributed by atoms with van der Waals surface area (Å²) < 4.78 is 0. The van der Waals surface area contributed by atoms with E-state index in [-0.39, 0.29) is 6.98 Å². The second-order valence-electron chi connectivity index (χ2n) is 9.88. The lowest BCUT2D eigenvalue weighted by Gasteiger charge is -2.31. The molecule has 0 atom stereocenters. The van der Waals surface area contributed by atoms with Gasteiger partial charge in [0.25, 0.3) is 0 Å². The number of fused-ring (bicyclic) bond motifs is 4. The summed E-state index contributed by atoms with van der Waals surface area (Å²) in [5.74, 6) is 0. The highest BCUT2D eigenvalue weighted by atomic mass is 15.3. The summed E-state index contributed by atoms with van der Waals surface area (Å²) in [6, 6.07) is 37.0. The molecular formula is C34H28BN3. The fourth-order valence-corrected chi connectivity index (χ4v) is 5.87. The molecule has 0 unspecified atom stereocenters. The smallest absolute Gasteiger partial charge is 0.360 e. The van der Waals surface area contributed by atoms with Crippen molar-refractivity contribution in [2.24, 2.45) is 0 Å². The van der Waals surface area contributed by atoms with Crippen LogP contribution in [0.2, 0.25) is 0 Å². The highest BCUT2D eigenvalue weighted by molar-refractivity contribution is 6.84. The maximum Gasteiger partial charge on any atom is 0.420 e. The van der Waals surface area contributed by atoms with Crippen LogP contribution in [0.1, 0.15) is 19.3 Å². The standard InChI is InChI=1S/C34H28BN3/c1-2-6-15-26-25-33(30-21-14-24-36-34(30)29(26)20-11-3-1)38-32-23-13-12-22-31(32)37(28-18-9-5-10-19-28)35(38)27-16-7-4-8-17-27/h2,4-10,12-25H,1,3,11H2/b6-2?,26-15?,29-20+. The van der Waals surface area contributed by atoms with Gasteiger partial charge >= 0.3 is 6.98 Å². The summed E-state index contributed by atoms with van der Waals surface area (Å²) in [6.45, 7) is -0.0479. The quantitative estimate of drug-likeness (QED) is 0.281. The monoisotopic (exact) mass is 489 g/mol. The van der Waals surface area contributed by atoms with Crippen molar-refractivity contribution in [3.8, 4) is 0 Å². The SMILES string of the molecule is C1=CCCC/C=c2\c(cc(N3B(c4ccccc4)N(c4ccccc4)c4ccccc43)c3cccnc23)=C1. The molecular weight excluding hydrogens is 461 g/mol. The Bertz CT molecular complexity index is 1760. The number of benzene rings is 4. The van der Waals surface area contributed by atoms with E-state index in [0.717, 1.165) is 24.8 Å². The summed E-state index contributed by atoms with van der Waals surface area (Å²) in [5, 5.41) is 3.62. The predicted octanol–water partition coefficient (Wildman–Crippen LogP) is 6.22. The molecule has 7 rings (SSSR count). The van der Waals surface area contributed by atoms with Crippen LogP contribution in [0.3, 0.4) is 0 Å². The third kappa shape index (κ3) is 3.81. The van der Waals surface area contributed by atoms with E-state index in [0.29, 0.717) is 0 Å². The van der Waals surface area contributed by atoms with Gasteiger partial charge in [-0.2, -0.15) is 0 Å². The first-order valence-corrected chi connectivity index (χ1v) is 13.4. The van der Waals surface area contributed by atoms with Gasteiger partial charge in [0.15, 0.2) is 0 Å². The minimum atomic E-state index is -0.0479. The van der Waals surface area contributed by atoms with Crippen LogP contribution in [0.15, 0.2) is 121 Å². The maximum absolute atomic E-state index is 4.94. The van der Waals surface area contributed by atoms with Gasteiger partial charge < -0.3 is 9.62 Å². The zero-order valence-electron chi connectivity index (χ0n) is 21.2. The number of hydrogen-bond donors (Lipinski definition) is 0. The van der Waals surface area contributed by atoms with Crippen LogP contribution < -0.4 is 25.5 Å². The van der Waals surface area contributed by atoms with Gasteiger partial charge in [0.2, 0.25) is 0 Å². The largest absolute Gasteiger partial charge is 0.420 e. The number of nitrogens with zero attached hydrogens (tertiary/aromatic N) is 3. The minimum absolute atomic E-state index is 0.0479. The van der Waals surface area contributed by atoms with E-state index in [1.165, 1.54) is 44.0 Å². The molecule has 0 saturated carbocycles. The Morgan fingerprint density at radius 3 is 2.24 bits per heavy atom. The number of allylic oxidation sites excluding steroid dienone is 2. The van der Waals surface area contributed by atoms with Crippen molar-refractivity contribution in [3.05, 3.63) is 132 Å². The van der Waals surface area contributed by atoms with E-state index >= 15 is 0 Å². The van der Waals surface area contributed by atoms with Gasteiger partial charge in [-0.3, -0.25) is 4.98 Å². The summed E-state index contributed by atoms with van der Waals surface area (Å²) in [6.07, 6.45) is 14.3. The van der Waals surface area contributed by atoms with Crippen LogP contribution in [0.5, 0.6) is 0 Å². The van der Waals surface area contributed by atoms with Crippen molar-refractivity contribution in [2.45, 2.75) is 19.3 Å². The molecule has 0 saturated heterocycles. The lowest BCUT2D eigenvalue weighted by atomic mass is 9.64. The Morgan fingerprint density at radius 2 is 1.42 bits per heavy atom. The van der Waals surface area contributed by atoms with Crippen molar-refractivity contribution >= 4 is 58.2 Å². The molecule has 182 valence electrons. The van der Waals surface area contributed by atoms with Crippen molar-refractivity contribution < 1.29 is 0 Å². The topological polar surface area (TPSA) is 19.4 Å². The average Bonchev–Trinajstić information content (AvgIpc) is 3.38. The Balaban J connectivity index is 1.56. The van der Waals surface area contributed by atoms with Crippen LogP contribution >= 0.6 is 0 Å². The number of para-hydroxylation sites is 3. The Morgan fingerprint density at radius 1 is 0.684 bits per heavy atom. The lowest BCUT2D eigenvalue weighted by molar-refractivity contribution is 0.893. The zero-order valence-corrected chi connectivity index (χ0v) is 21.2. The van der Waals surface area contributed by atoms with Crippen LogP contribution in [-0.4, -0.2) is 12.0 Å². The first-order chi connectivity index (χ1) is 18.9. The molecule has 4 heteroatoms. The van der Waals surface area contributed by atoms with Crippen LogP contribution in [0, 0.1) is 0 Å². The Kier molecular flexibility index (Phi) is 5.78. The second-order valence-corrected chi connectivity index (χ2v) is 9.88. The van der Waals surface area contributed by atoms with Gasteiger partial charge in [-0.25, -0.2) is 0 Å². The number of aromatic nitrogens is 1. The van der Waals surface area contributed by atoms with Crippen molar-refractivity contribution in [1.82, 2.24) is 4.98 Å². The molecule has 2 heterocycles. The molecule has 1 aliphatic heterocycles. The fraction of sp³-hybridized carbons (Fsp3) is 0.0882. The number of anilines is 4. The molecule has 4 aromatic carbocycles. The van der Waals surface area contributed by atoms with E-state index in [2.05, 4.69) is 137 Å². The molecule has 0 amide bonds. The number of hydrogen-bond acceptors (Lipinski definition) is 3. The summed E-state index contributed by atoms with van der Waals surface area (Å²) >= 11 is 0. The highest BCUT2D eigenvalue weighted by Crippen LogP contribution is 2.46. The maximum atomic E-state index is 4.94. The Labute approximate surface area is 223 Å². The van der Waals surface area contributed by atoms with E-state index in [1.807, 2.05) is 6.20 Å². The molecule has 2 aliphatic rings. The van der Waals surface area contributed by atoms with Gasteiger partial charge in [-0.05, 0) is 72.4 Å². The molecule has 0 radical (unpaired) electrons. The van der Waals surface area contributed by atoms with Gasteiger partial charge in [0.05, 0.1) is 16.9 Å². The summed E-state index contributed by atoms with van der Waals surface area (Å²) in [4.78, 5) is 9.91. The van der Waals surface area contributed by atoms with E-state index in [1.54, 1.807) is 0 Å². The summed E-state index contributed by atoms with van der Waals surface area (Å²) in [5.41, 5.74) is 7.03. The van der Waals surface area contributed by atoms with Crippen molar-refractivity contribution in [1.29, 1.82) is 0 Å². The molecule has 5 aromatic rings. The lowest BCUT2D eigenvalue weighted by Crippen LogP contribution is -2.53. The van der Waals surface area contributed by atoms with Gasteiger partial charge in [-0.1, -0.05) is 85.0 Å². The molecule has 3 nitrogen and oxygen atoms in total. The first-order valence-electron chi connectivity index (χ1n) is 13.4. The van der Waals surface area contributed by atoms with Crippen molar-refractivity contribution in [3.63, 3.8) is 0 Å². The first kappa shape index (κ1) is 22.6. The van der Waals surface area contributed by atoms with E-state index in [4.69, 9.17) is 4.98 Å². The van der Waals surface area contributed by atoms with Gasteiger partial charge in [0.1, 0.15) is 0 Å². The molecule has 0 spiro atoms. The van der Waals surface area contributed by atoms with Crippen LogP contribution in [0.25, 0.3) is 23.1 Å². The predicted molar refractivity (Wildman–Crippen MR) is 162 cm³/mol. The van der Waals surface area contributed by atoms with Gasteiger partial charge in [-0.15, -0.1) is 0 Å². The van der Waals surface area contributed by atoms with Crippen molar-refractivity contribution in [2.75, 3.05) is 9.62 Å². The third-order valence-corrected chi connectivity index (χ3v) is 7.56. The number of rotatable bonds is 3. The highest BCUT2D eigenvalue weighted by Gasteiger charge is 2.43. The summed E-state index contributed by atoms with van der Waals surface area (Å²) in [7, 11) is 0. The molecule has 0 fully saturated rings. The normalized spacial score (nSPS) is 15.6. The minimum Gasteiger partial charge on any atom is -0.360 e. The average molecular weight is 489 g/mol. The molecule has 1 aliphatic carbocycles. The number of pyridine rings is 1. The second kappa shape index (κ2) is 9.72. The Hall–Kier alpha value is -4.57. The molecule has 1 aromatic heterocycles. The third-order valence-electron chi connectivity index (χ3n) is 7.56. The fourth-order valence-electron chi connectivity index (χ4n) is 5.87. The van der Waals surface area contributed by atoms with E-state index in [9.17, 15) is 0 Å². The molecule has 0 bridgehead atoms. The van der Waals surface area contributed by atoms with Crippen LogP contribution in [-0.2, 0) is 0 Å². The van der Waals surface area contributed by atoms with Crippen LogP contribution in [0.4, 0.5) is 22.7 Å². The van der Waals surface area contributed by atoms with E-state index < -0.39 is 0 Å². The van der Waals surface area contributed by atoms with Gasteiger partial charge in [0, 0.05) is 28.2 Å². The molecule has 0 N–H and O–H groups in total. The zero-order chi connectivity index (χ0) is 25.3.